The van der Waals surface area contributed by atoms with E-state index in [-0.39, 0.29) is 24.0 Å². The maximum absolute atomic E-state index is 13.6. The Kier molecular flexibility index (Phi) is 3.93. The van der Waals surface area contributed by atoms with Gasteiger partial charge in [0.1, 0.15) is 5.82 Å². The van der Waals surface area contributed by atoms with Crippen molar-refractivity contribution in [2.45, 2.75) is 13.5 Å². The number of carboxylic acids is 1. The van der Waals surface area contributed by atoms with Crippen LogP contribution in [0.25, 0.3) is 0 Å². The molecule has 2 aromatic rings. The van der Waals surface area contributed by atoms with Crippen LogP contribution in [0.2, 0.25) is 0 Å². The zero-order chi connectivity index (χ0) is 14.7. The van der Waals surface area contributed by atoms with Gasteiger partial charge in [-0.15, -0.1) is 0 Å². The molecule has 5 nitrogen and oxygen atoms in total. The van der Waals surface area contributed by atoms with E-state index in [1.807, 2.05) is 0 Å². The predicted octanol–water partition coefficient (Wildman–Crippen LogP) is 2.26. The number of anilines is 1. The number of carbonyl (C=O) groups is 1. The van der Waals surface area contributed by atoms with Crippen LogP contribution in [-0.4, -0.2) is 28.1 Å². The first-order valence-corrected chi connectivity index (χ1v) is 6.01. The summed E-state index contributed by atoms with van der Waals surface area (Å²) in [4.78, 5) is 20.7. The van der Waals surface area contributed by atoms with Crippen LogP contribution in [0.5, 0.6) is 0 Å². The Morgan fingerprint density at radius 3 is 2.70 bits per heavy atom. The highest BCUT2D eigenvalue weighted by Crippen LogP contribution is 2.14. The van der Waals surface area contributed by atoms with E-state index in [2.05, 4.69) is 9.97 Å². The van der Waals surface area contributed by atoms with E-state index in [1.54, 1.807) is 37.1 Å². The standard InChI is InChI=1S/C14H14FN3O2/c1-9-7-12(13(19)20)17-14(16-9)18(2)8-10-5-3-4-6-11(10)15/h3-7H,8H2,1-2H3,(H,19,20). The Morgan fingerprint density at radius 1 is 1.35 bits per heavy atom. The molecule has 0 atom stereocenters. The summed E-state index contributed by atoms with van der Waals surface area (Å²) in [6.45, 7) is 1.95. The molecular weight excluding hydrogens is 261 g/mol. The number of hydrogen-bond acceptors (Lipinski definition) is 4. The fraction of sp³-hybridized carbons (Fsp3) is 0.214. The molecule has 1 aromatic carbocycles. The van der Waals surface area contributed by atoms with Crippen LogP contribution >= 0.6 is 0 Å². The zero-order valence-corrected chi connectivity index (χ0v) is 11.2. The van der Waals surface area contributed by atoms with Crippen LogP contribution in [0.4, 0.5) is 10.3 Å². The topological polar surface area (TPSA) is 66.3 Å². The Morgan fingerprint density at radius 2 is 2.05 bits per heavy atom. The summed E-state index contributed by atoms with van der Waals surface area (Å²) < 4.78 is 13.6. The summed E-state index contributed by atoms with van der Waals surface area (Å²) in [5, 5.41) is 8.98. The molecule has 104 valence electrons. The van der Waals surface area contributed by atoms with Gasteiger partial charge in [0.15, 0.2) is 5.69 Å². The van der Waals surface area contributed by atoms with Crippen molar-refractivity contribution in [1.29, 1.82) is 0 Å². The quantitative estimate of drug-likeness (QED) is 0.927. The second-order valence-electron chi connectivity index (χ2n) is 4.45. The largest absolute Gasteiger partial charge is 0.477 e. The van der Waals surface area contributed by atoms with Crippen LogP contribution in [0.1, 0.15) is 21.7 Å². The van der Waals surface area contributed by atoms with Crippen molar-refractivity contribution < 1.29 is 14.3 Å². The molecule has 6 heteroatoms. The van der Waals surface area contributed by atoms with Crippen molar-refractivity contribution in [1.82, 2.24) is 9.97 Å². The Balaban J connectivity index is 2.27. The molecule has 2 rings (SSSR count). The Bertz CT molecular complexity index is 646. The van der Waals surface area contributed by atoms with Gasteiger partial charge >= 0.3 is 5.97 Å². The summed E-state index contributed by atoms with van der Waals surface area (Å²) in [5.41, 5.74) is 0.970. The van der Waals surface area contributed by atoms with E-state index in [0.29, 0.717) is 11.3 Å². The second-order valence-corrected chi connectivity index (χ2v) is 4.45. The summed E-state index contributed by atoms with van der Waals surface area (Å²) in [5.74, 6) is -1.17. The molecule has 0 saturated heterocycles. The number of aromatic nitrogens is 2. The van der Waals surface area contributed by atoms with Crippen molar-refractivity contribution >= 4 is 11.9 Å². The normalized spacial score (nSPS) is 10.3. The minimum atomic E-state index is -1.11. The lowest BCUT2D eigenvalue weighted by Gasteiger charge is -2.18. The third kappa shape index (κ3) is 3.09. The Hall–Kier alpha value is -2.50. The van der Waals surface area contributed by atoms with Gasteiger partial charge in [0.05, 0.1) is 0 Å². The Labute approximate surface area is 115 Å². The number of hydrogen-bond donors (Lipinski definition) is 1. The first kappa shape index (κ1) is 13.9. The molecule has 0 fully saturated rings. The van der Waals surface area contributed by atoms with Crippen molar-refractivity contribution in [2.75, 3.05) is 11.9 Å². The van der Waals surface area contributed by atoms with Gasteiger partial charge in [-0.25, -0.2) is 19.2 Å². The molecule has 0 amide bonds. The number of aryl methyl sites for hydroxylation is 1. The number of carboxylic acid groups (broad SMARTS) is 1. The molecule has 0 aliphatic heterocycles. The molecular formula is C14H14FN3O2. The minimum Gasteiger partial charge on any atom is -0.477 e. The van der Waals surface area contributed by atoms with Gasteiger partial charge < -0.3 is 10.0 Å². The van der Waals surface area contributed by atoms with E-state index in [1.165, 1.54) is 12.1 Å². The number of halogens is 1. The van der Waals surface area contributed by atoms with Gasteiger partial charge in [-0.3, -0.25) is 0 Å². The fourth-order valence-corrected chi connectivity index (χ4v) is 1.79. The van der Waals surface area contributed by atoms with Gasteiger partial charge in [0.2, 0.25) is 5.95 Å². The number of nitrogens with zero attached hydrogens (tertiary/aromatic N) is 3. The summed E-state index contributed by atoms with van der Waals surface area (Å²) >= 11 is 0. The van der Waals surface area contributed by atoms with Crippen LogP contribution < -0.4 is 4.90 Å². The molecule has 0 spiro atoms. The minimum absolute atomic E-state index is 0.0760. The summed E-state index contributed by atoms with van der Waals surface area (Å²) in [6.07, 6.45) is 0. The third-order valence-electron chi connectivity index (χ3n) is 2.77. The number of benzene rings is 1. The van der Waals surface area contributed by atoms with Gasteiger partial charge in [-0.2, -0.15) is 0 Å². The van der Waals surface area contributed by atoms with E-state index in [4.69, 9.17) is 5.11 Å². The van der Waals surface area contributed by atoms with Crippen LogP contribution in [-0.2, 0) is 6.54 Å². The lowest BCUT2D eigenvalue weighted by Crippen LogP contribution is -2.21. The van der Waals surface area contributed by atoms with Crippen molar-refractivity contribution in [2.24, 2.45) is 0 Å². The van der Waals surface area contributed by atoms with Gasteiger partial charge in [0, 0.05) is 24.8 Å². The van der Waals surface area contributed by atoms with E-state index < -0.39 is 5.97 Å². The average molecular weight is 275 g/mol. The molecule has 0 saturated carbocycles. The molecule has 0 radical (unpaired) electrons. The first-order chi connectivity index (χ1) is 9.47. The maximum atomic E-state index is 13.6. The van der Waals surface area contributed by atoms with E-state index in [9.17, 15) is 9.18 Å². The van der Waals surface area contributed by atoms with Gasteiger partial charge in [-0.1, -0.05) is 18.2 Å². The van der Waals surface area contributed by atoms with Gasteiger partial charge in [-0.05, 0) is 19.1 Å². The van der Waals surface area contributed by atoms with Crippen LogP contribution in [0.15, 0.2) is 30.3 Å². The SMILES string of the molecule is Cc1cc(C(=O)O)nc(N(C)Cc2ccccc2F)n1. The monoisotopic (exact) mass is 275 g/mol. The average Bonchev–Trinajstić information content (AvgIpc) is 2.40. The first-order valence-electron chi connectivity index (χ1n) is 6.01. The molecule has 1 heterocycles. The number of aromatic carboxylic acids is 1. The second kappa shape index (κ2) is 5.64. The van der Waals surface area contributed by atoms with E-state index >= 15 is 0 Å². The van der Waals surface area contributed by atoms with E-state index in [0.717, 1.165) is 0 Å². The van der Waals surface area contributed by atoms with Gasteiger partial charge in [0.25, 0.3) is 0 Å². The summed E-state index contributed by atoms with van der Waals surface area (Å²) in [6, 6.07) is 7.79. The molecule has 0 aliphatic carbocycles. The summed E-state index contributed by atoms with van der Waals surface area (Å²) in [7, 11) is 1.69. The van der Waals surface area contributed by atoms with Crippen molar-refractivity contribution in [3.63, 3.8) is 0 Å². The maximum Gasteiger partial charge on any atom is 0.354 e. The smallest absolute Gasteiger partial charge is 0.354 e. The third-order valence-corrected chi connectivity index (χ3v) is 2.77. The van der Waals surface area contributed by atoms with Crippen LogP contribution in [0, 0.1) is 12.7 Å². The molecule has 20 heavy (non-hydrogen) atoms. The lowest BCUT2D eigenvalue weighted by molar-refractivity contribution is 0.0690. The number of rotatable bonds is 4. The fourth-order valence-electron chi connectivity index (χ4n) is 1.79. The predicted molar refractivity (Wildman–Crippen MR) is 72.2 cm³/mol. The highest BCUT2D eigenvalue weighted by molar-refractivity contribution is 5.85. The molecule has 1 aromatic heterocycles. The molecule has 1 N–H and O–H groups in total. The van der Waals surface area contributed by atoms with Crippen molar-refractivity contribution in [3.05, 3.63) is 53.1 Å². The van der Waals surface area contributed by atoms with Crippen molar-refractivity contribution in [3.8, 4) is 0 Å². The highest BCUT2D eigenvalue weighted by Gasteiger charge is 2.13. The highest BCUT2D eigenvalue weighted by atomic mass is 19.1. The lowest BCUT2D eigenvalue weighted by atomic mass is 10.2. The van der Waals surface area contributed by atoms with Crippen LogP contribution in [0.3, 0.4) is 0 Å². The zero-order valence-electron chi connectivity index (χ0n) is 11.2. The molecule has 0 bridgehead atoms. The molecule has 0 unspecified atom stereocenters. The molecule has 0 aliphatic rings.